The van der Waals surface area contributed by atoms with Gasteiger partial charge in [0.05, 0.1) is 32.1 Å². The maximum Gasteiger partial charge on any atom is 0.410 e. The number of carbonyl (C=O) groups excluding carboxylic acids is 2. The van der Waals surface area contributed by atoms with Crippen LogP contribution < -0.4 is 0 Å². The first kappa shape index (κ1) is 29.1. The summed E-state index contributed by atoms with van der Waals surface area (Å²) in [4.78, 5) is 32.5. The summed E-state index contributed by atoms with van der Waals surface area (Å²) in [5, 5.41) is 0. The maximum absolute atomic E-state index is 13.6. The van der Waals surface area contributed by atoms with Crippen LogP contribution in [0.2, 0.25) is 0 Å². The highest BCUT2D eigenvalue weighted by atomic mass is 32.2. The van der Waals surface area contributed by atoms with Crippen molar-refractivity contribution < 1.29 is 31.7 Å². The number of hydrogen-bond acceptors (Lipinski definition) is 7. The summed E-state index contributed by atoms with van der Waals surface area (Å²) in [5.41, 5.74) is 2.11. The van der Waals surface area contributed by atoms with Crippen LogP contribution in [0.5, 0.6) is 0 Å². The van der Waals surface area contributed by atoms with Gasteiger partial charge in [0.15, 0.2) is 0 Å². The molecule has 0 spiro atoms. The van der Waals surface area contributed by atoms with Crippen molar-refractivity contribution in [1.29, 1.82) is 0 Å². The second-order valence-corrected chi connectivity index (χ2v) is 13.4. The van der Waals surface area contributed by atoms with Gasteiger partial charge in [-0.15, -0.1) is 0 Å². The van der Waals surface area contributed by atoms with Gasteiger partial charge in [-0.25, -0.2) is 4.79 Å². The minimum absolute atomic E-state index is 0.0239. The molecular weight excluding hydrogens is 522 g/mol. The summed E-state index contributed by atoms with van der Waals surface area (Å²) in [6, 6.07) is 9.84. The zero-order valence-electron chi connectivity index (χ0n) is 23.4. The van der Waals surface area contributed by atoms with Crippen molar-refractivity contribution in [1.82, 2.24) is 14.8 Å². The van der Waals surface area contributed by atoms with Crippen LogP contribution >= 0.6 is 0 Å². The lowest BCUT2D eigenvalue weighted by molar-refractivity contribution is -0.110. The number of hydrogen-bond donors (Lipinski definition) is 1. The molecule has 0 saturated heterocycles. The molecule has 1 N–H and O–H groups in total. The van der Waals surface area contributed by atoms with Gasteiger partial charge in [0, 0.05) is 37.3 Å². The molecular formula is C28H39N3O7S. The number of rotatable bonds is 9. The van der Waals surface area contributed by atoms with Gasteiger partial charge in [-0.1, -0.05) is 30.3 Å². The Morgan fingerprint density at radius 3 is 2.51 bits per heavy atom. The largest absolute Gasteiger partial charge is 0.444 e. The van der Waals surface area contributed by atoms with Crippen LogP contribution in [0.15, 0.2) is 36.5 Å². The monoisotopic (exact) mass is 561 g/mol. The zero-order chi connectivity index (χ0) is 28.4. The van der Waals surface area contributed by atoms with E-state index < -0.39 is 27.2 Å². The molecule has 1 aliphatic carbocycles. The van der Waals surface area contributed by atoms with Gasteiger partial charge in [-0.05, 0) is 51.2 Å². The van der Waals surface area contributed by atoms with E-state index in [1.807, 2.05) is 57.3 Å². The molecule has 1 saturated carbocycles. The van der Waals surface area contributed by atoms with E-state index in [2.05, 4.69) is 4.98 Å². The third-order valence-electron chi connectivity index (χ3n) is 7.09. The Kier molecular flexibility index (Phi) is 8.44. The molecule has 1 aromatic heterocycles. The standard InChI is InChI=1S/C28H39N3O7S/c1-27(2,3)38-26(33)31-12-11-21-15-29-24(23(21)16-31)25(32)30(4)18-28(19-37-39(5,34)35)13-22(14-28)36-17-20-9-7-6-8-10-20/h6-10,15,22,29H,11-14,16-19H2,1-5H3. The van der Waals surface area contributed by atoms with Gasteiger partial charge in [0.2, 0.25) is 0 Å². The number of H-pyrrole nitrogens is 1. The van der Waals surface area contributed by atoms with E-state index in [4.69, 9.17) is 13.7 Å². The normalized spacial score (nSPS) is 21.2. The number of aromatic nitrogens is 1. The van der Waals surface area contributed by atoms with Gasteiger partial charge < -0.3 is 24.3 Å². The van der Waals surface area contributed by atoms with E-state index in [-0.39, 0.29) is 25.2 Å². The molecule has 1 aromatic carbocycles. The smallest absolute Gasteiger partial charge is 0.410 e. The third kappa shape index (κ3) is 7.61. The summed E-state index contributed by atoms with van der Waals surface area (Å²) >= 11 is 0. The van der Waals surface area contributed by atoms with Crippen molar-refractivity contribution in [3.8, 4) is 0 Å². The number of ether oxygens (including phenoxy) is 2. The molecule has 214 valence electrons. The Balaban J connectivity index is 1.42. The first-order chi connectivity index (χ1) is 18.2. The molecule has 0 bridgehead atoms. The van der Waals surface area contributed by atoms with E-state index in [0.717, 1.165) is 22.9 Å². The fourth-order valence-electron chi connectivity index (χ4n) is 5.20. The third-order valence-corrected chi connectivity index (χ3v) is 7.64. The number of carbonyl (C=O) groups is 2. The summed E-state index contributed by atoms with van der Waals surface area (Å²) in [6.07, 6.45) is 4.15. The van der Waals surface area contributed by atoms with Gasteiger partial charge in [0.25, 0.3) is 16.0 Å². The van der Waals surface area contributed by atoms with Crippen LogP contribution in [0, 0.1) is 5.41 Å². The van der Waals surface area contributed by atoms with E-state index in [1.54, 1.807) is 16.8 Å². The highest BCUT2D eigenvalue weighted by Gasteiger charge is 2.47. The summed E-state index contributed by atoms with van der Waals surface area (Å²) in [6.45, 7) is 7.00. The molecule has 1 fully saturated rings. The number of aromatic amines is 1. The van der Waals surface area contributed by atoms with E-state index in [9.17, 15) is 18.0 Å². The highest BCUT2D eigenvalue weighted by molar-refractivity contribution is 7.85. The van der Waals surface area contributed by atoms with Crippen molar-refractivity contribution in [2.24, 2.45) is 5.41 Å². The second-order valence-electron chi connectivity index (χ2n) is 11.8. The van der Waals surface area contributed by atoms with Crippen LogP contribution in [0.4, 0.5) is 4.79 Å². The van der Waals surface area contributed by atoms with Crippen molar-refractivity contribution in [3.63, 3.8) is 0 Å². The van der Waals surface area contributed by atoms with Gasteiger partial charge in [-0.2, -0.15) is 8.42 Å². The van der Waals surface area contributed by atoms with Gasteiger partial charge >= 0.3 is 6.09 Å². The van der Waals surface area contributed by atoms with Crippen LogP contribution in [0.1, 0.15) is 60.8 Å². The molecule has 0 unspecified atom stereocenters. The van der Waals surface area contributed by atoms with Crippen LogP contribution in [0.3, 0.4) is 0 Å². The second kappa shape index (κ2) is 11.3. The Bertz CT molecular complexity index is 1280. The van der Waals surface area contributed by atoms with Crippen LogP contribution in [0.25, 0.3) is 0 Å². The SMILES string of the molecule is CN(CC1(COS(C)(=O)=O)CC(OCc2ccccc2)C1)C(=O)c1[nH]cc2c1CN(C(=O)OC(C)(C)C)CC2. The molecule has 10 nitrogen and oxygen atoms in total. The molecule has 2 heterocycles. The minimum Gasteiger partial charge on any atom is -0.444 e. The Morgan fingerprint density at radius 2 is 1.87 bits per heavy atom. The molecule has 0 radical (unpaired) electrons. The fourth-order valence-corrected chi connectivity index (χ4v) is 5.66. The van der Waals surface area contributed by atoms with Crippen molar-refractivity contribution >= 4 is 22.1 Å². The lowest BCUT2D eigenvalue weighted by Crippen LogP contribution is -2.53. The molecule has 1 aliphatic heterocycles. The summed E-state index contributed by atoms with van der Waals surface area (Å²) in [5.74, 6) is -0.227. The lowest BCUT2D eigenvalue weighted by Gasteiger charge is -2.48. The van der Waals surface area contributed by atoms with E-state index >= 15 is 0 Å². The van der Waals surface area contributed by atoms with Crippen molar-refractivity contribution in [2.75, 3.05) is 33.0 Å². The number of benzene rings is 1. The summed E-state index contributed by atoms with van der Waals surface area (Å²) < 4.78 is 40.3. The first-order valence-corrected chi connectivity index (χ1v) is 15.0. The molecule has 39 heavy (non-hydrogen) atoms. The van der Waals surface area contributed by atoms with Gasteiger partial charge in [-0.3, -0.25) is 8.98 Å². The zero-order valence-corrected chi connectivity index (χ0v) is 24.2. The van der Waals surface area contributed by atoms with Gasteiger partial charge in [0.1, 0.15) is 11.3 Å². The predicted molar refractivity (Wildman–Crippen MR) is 146 cm³/mol. The highest BCUT2D eigenvalue weighted by Crippen LogP contribution is 2.44. The maximum atomic E-state index is 13.6. The quantitative estimate of drug-likeness (QED) is 0.464. The first-order valence-electron chi connectivity index (χ1n) is 13.2. The molecule has 0 atom stereocenters. The molecule has 4 rings (SSSR count). The van der Waals surface area contributed by atoms with Crippen molar-refractivity contribution in [2.45, 2.75) is 64.9 Å². The molecule has 2 aliphatic rings. The number of fused-ring (bicyclic) bond motifs is 1. The Hall–Kier alpha value is -2.89. The average Bonchev–Trinajstić information content (AvgIpc) is 3.26. The molecule has 2 amide bonds. The number of amides is 2. The Labute approximate surface area is 230 Å². The van der Waals surface area contributed by atoms with E-state index in [1.165, 1.54) is 0 Å². The minimum atomic E-state index is -3.64. The number of nitrogens with one attached hydrogen (secondary N) is 1. The van der Waals surface area contributed by atoms with Crippen molar-refractivity contribution in [3.05, 3.63) is 58.9 Å². The van der Waals surface area contributed by atoms with Crippen LogP contribution in [-0.2, 0) is 43.3 Å². The molecule has 2 aromatic rings. The topological polar surface area (TPSA) is 118 Å². The summed E-state index contributed by atoms with van der Waals surface area (Å²) in [7, 11) is -1.95. The average molecular weight is 562 g/mol. The lowest BCUT2D eigenvalue weighted by atomic mass is 9.67. The fraction of sp³-hybridized carbons (Fsp3) is 0.571. The Morgan fingerprint density at radius 1 is 1.18 bits per heavy atom. The van der Waals surface area contributed by atoms with E-state index in [0.29, 0.717) is 44.7 Å². The van der Waals surface area contributed by atoms with Crippen LogP contribution in [-0.4, -0.2) is 79.9 Å². The molecule has 11 heteroatoms. The predicted octanol–water partition coefficient (Wildman–Crippen LogP) is 3.72. The number of nitrogens with zero attached hydrogens (tertiary/aromatic N) is 2.